The zero-order chi connectivity index (χ0) is 28.5. The summed E-state index contributed by atoms with van der Waals surface area (Å²) >= 11 is 0. The molecule has 218 valence electrons. The lowest BCUT2D eigenvalue weighted by Gasteiger charge is -2.44. The van der Waals surface area contributed by atoms with Gasteiger partial charge in [0, 0.05) is 52.1 Å². The predicted molar refractivity (Wildman–Crippen MR) is 155 cm³/mol. The molecular weight excluding hydrogens is 518 g/mol. The van der Waals surface area contributed by atoms with Crippen molar-refractivity contribution in [1.82, 2.24) is 24.9 Å². The van der Waals surface area contributed by atoms with Crippen molar-refractivity contribution in [2.45, 2.75) is 70.6 Å². The number of likely N-dealkylation sites (tertiary alicyclic amines) is 1. The van der Waals surface area contributed by atoms with E-state index in [1.54, 1.807) is 6.20 Å². The molecule has 0 atom stereocenters. The van der Waals surface area contributed by atoms with Gasteiger partial charge in [-0.2, -0.15) is 4.98 Å². The summed E-state index contributed by atoms with van der Waals surface area (Å²) in [7, 11) is 1.93. The molecule has 5 rings (SSSR count). The second kappa shape index (κ2) is 13.7. The van der Waals surface area contributed by atoms with E-state index in [4.69, 9.17) is 9.26 Å². The highest BCUT2D eigenvalue weighted by molar-refractivity contribution is 5.76. The van der Waals surface area contributed by atoms with Gasteiger partial charge in [0.15, 0.2) is 0 Å². The van der Waals surface area contributed by atoms with Crippen LogP contribution in [-0.2, 0) is 22.4 Å². The first-order valence-corrected chi connectivity index (χ1v) is 15.0. The fourth-order valence-electron chi connectivity index (χ4n) is 6.08. The first-order valence-electron chi connectivity index (χ1n) is 15.0. The maximum atomic E-state index is 13.1. The summed E-state index contributed by atoms with van der Waals surface area (Å²) in [4.78, 5) is 38.6. The molecule has 1 fully saturated rings. The Labute approximate surface area is 242 Å². The van der Waals surface area contributed by atoms with E-state index in [1.165, 1.54) is 5.56 Å². The number of carbonyl (C=O) groups excluding carboxylic acids is 2. The van der Waals surface area contributed by atoms with Crippen molar-refractivity contribution in [3.63, 3.8) is 0 Å². The van der Waals surface area contributed by atoms with Gasteiger partial charge in [-0.05, 0) is 74.1 Å². The Morgan fingerprint density at radius 3 is 2.66 bits per heavy atom. The number of fused-ring (bicyclic) bond motifs is 1. The number of aromatic nitrogens is 3. The zero-order valence-corrected chi connectivity index (χ0v) is 24.1. The Bertz CT molecular complexity index is 1290. The summed E-state index contributed by atoms with van der Waals surface area (Å²) in [5, 5.41) is 4.01. The van der Waals surface area contributed by atoms with E-state index in [0.29, 0.717) is 56.1 Å². The van der Waals surface area contributed by atoms with Crippen LogP contribution in [-0.4, -0.2) is 70.0 Å². The van der Waals surface area contributed by atoms with E-state index < -0.39 is 0 Å². The standard InChI is InChI=1S/C32H41N5O4/c1-36-24-32(17-6-4-11-25-10-2-3-13-27(25)40-23-9-16-29(36)38)18-21-37(22-19-32)30(39)15-8-14-28-34-31(35-41-28)26-12-5-7-20-33-26/h2-3,5,7,10,12-13,20H,4,6,8-9,11,14-19,21-24H2,1H3. The molecule has 1 spiro atoms. The first kappa shape index (κ1) is 28.8. The molecule has 4 heterocycles. The molecule has 41 heavy (non-hydrogen) atoms. The van der Waals surface area contributed by atoms with Crippen LogP contribution in [0.15, 0.2) is 53.2 Å². The van der Waals surface area contributed by atoms with Crippen LogP contribution in [0.2, 0.25) is 0 Å². The molecule has 2 aliphatic heterocycles. The van der Waals surface area contributed by atoms with Gasteiger partial charge < -0.3 is 19.1 Å². The monoisotopic (exact) mass is 559 g/mol. The molecular formula is C32H41N5O4. The minimum Gasteiger partial charge on any atom is -0.493 e. The Hall–Kier alpha value is -3.75. The van der Waals surface area contributed by atoms with Gasteiger partial charge in [0.05, 0.1) is 6.61 Å². The number of amides is 2. The topological polar surface area (TPSA) is 102 Å². The number of piperidine rings is 1. The number of hydrogen-bond acceptors (Lipinski definition) is 7. The summed E-state index contributed by atoms with van der Waals surface area (Å²) in [6, 6.07) is 13.8. The van der Waals surface area contributed by atoms with Gasteiger partial charge >= 0.3 is 0 Å². The fourth-order valence-corrected chi connectivity index (χ4v) is 6.08. The Morgan fingerprint density at radius 1 is 1.00 bits per heavy atom. The Morgan fingerprint density at radius 2 is 1.83 bits per heavy atom. The zero-order valence-electron chi connectivity index (χ0n) is 24.1. The highest BCUT2D eigenvalue weighted by atomic mass is 16.5. The van der Waals surface area contributed by atoms with Crippen LogP contribution in [0.1, 0.15) is 69.2 Å². The molecule has 0 saturated carbocycles. The maximum absolute atomic E-state index is 13.1. The second-order valence-electron chi connectivity index (χ2n) is 11.5. The lowest BCUT2D eigenvalue weighted by atomic mass is 9.73. The van der Waals surface area contributed by atoms with E-state index in [0.717, 1.165) is 63.9 Å². The van der Waals surface area contributed by atoms with Crippen LogP contribution in [0, 0.1) is 5.41 Å². The average molecular weight is 560 g/mol. The van der Waals surface area contributed by atoms with Crippen molar-refractivity contribution in [3.05, 3.63) is 60.1 Å². The first-order chi connectivity index (χ1) is 20.0. The predicted octanol–water partition coefficient (Wildman–Crippen LogP) is 5.11. The third-order valence-corrected chi connectivity index (χ3v) is 8.49. The van der Waals surface area contributed by atoms with Crippen molar-refractivity contribution in [1.29, 1.82) is 0 Å². The molecule has 1 aromatic carbocycles. The number of para-hydroxylation sites is 1. The van der Waals surface area contributed by atoms with Crippen LogP contribution in [0.5, 0.6) is 5.75 Å². The van der Waals surface area contributed by atoms with Gasteiger partial charge in [-0.1, -0.05) is 35.8 Å². The van der Waals surface area contributed by atoms with Crippen molar-refractivity contribution in [2.24, 2.45) is 5.41 Å². The van der Waals surface area contributed by atoms with E-state index in [1.807, 2.05) is 47.2 Å². The SMILES string of the molecule is CN1CC2(CCCCc3ccccc3OCCCC1=O)CCN(C(=O)CCCc1nc(-c3ccccn3)no1)CC2. The van der Waals surface area contributed by atoms with Crippen LogP contribution >= 0.6 is 0 Å². The molecule has 1 saturated heterocycles. The van der Waals surface area contributed by atoms with Crippen molar-refractivity contribution < 1.29 is 18.8 Å². The fraction of sp³-hybridized carbons (Fsp3) is 0.531. The highest BCUT2D eigenvalue weighted by Crippen LogP contribution is 2.38. The number of carbonyl (C=O) groups is 2. The molecule has 3 aromatic rings. The number of nitrogens with zero attached hydrogens (tertiary/aromatic N) is 5. The van der Waals surface area contributed by atoms with Crippen LogP contribution in [0.4, 0.5) is 0 Å². The number of hydrogen-bond donors (Lipinski definition) is 0. The van der Waals surface area contributed by atoms with Gasteiger partial charge in [0.2, 0.25) is 23.5 Å². The summed E-state index contributed by atoms with van der Waals surface area (Å²) < 4.78 is 11.4. The number of aryl methyl sites for hydroxylation is 2. The van der Waals surface area contributed by atoms with Gasteiger partial charge in [-0.15, -0.1) is 0 Å². The third kappa shape index (κ3) is 7.71. The molecule has 0 radical (unpaired) electrons. The van der Waals surface area contributed by atoms with E-state index >= 15 is 0 Å². The quantitative estimate of drug-likeness (QED) is 0.428. The molecule has 2 aliphatic rings. The highest BCUT2D eigenvalue weighted by Gasteiger charge is 2.37. The van der Waals surface area contributed by atoms with E-state index in [9.17, 15) is 9.59 Å². The Kier molecular flexibility index (Phi) is 9.64. The summed E-state index contributed by atoms with van der Waals surface area (Å²) in [5.74, 6) is 2.28. The minimum atomic E-state index is 0.0486. The smallest absolute Gasteiger partial charge is 0.227 e. The Balaban J connectivity index is 1.13. The average Bonchev–Trinajstić information content (AvgIpc) is 3.47. The molecule has 0 unspecified atom stereocenters. The lowest BCUT2D eigenvalue weighted by Crippen LogP contribution is -2.48. The van der Waals surface area contributed by atoms with E-state index in [2.05, 4.69) is 27.3 Å². The van der Waals surface area contributed by atoms with Crippen molar-refractivity contribution in [3.8, 4) is 17.3 Å². The number of ether oxygens (including phenoxy) is 1. The number of pyridine rings is 1. The maximum Gasteiger partial charge on any atom is 0.227 e. The molecule has 2 aromatic heterocycles. The third-order valence-electron chi connectivity index (χ3n) is 8.49. The number of rotatable bonds is 5. The van der Waals surface area contributed by atoms with Crippen molar-refractivity contribution >= 4 is 11.8 Å². The van der Waals surface area contributed by atoms with Crippen LogP contribution < -0.4 is 4.74 Å². The molecule has 2 amide bonds. The molecule has 9 heteroatoms. The molecule has 9 nitrogen and oxygen atoms in total. The molecule has 0 aliphatic carbocycles. The van der Waals surface area contributed by atoms with Gasteiger partial charge in [0.1, 0.15) is 11.4 Å². The largest absolute Gasteiger partial charge is 0.493 e. The van der Waals surface area contributed by atoms with E-state index in [-0.39, 0.29) is 17.2 Å². The second-order valence-corrected chi connectivity index (χ2v) is 11.5. The minimum absolute atomic E-state index is 0.0486. The van der Waals surface area contributed by atoms with Gasteiger partial charge in [0.25, 0.3) is 0 Å². The summed E-state index contributed by atoms with van der Waals surface area (Å²) in [6.07, 6.45) is 10.6. The summed E-state index contributed by atoms with van der Waals surface area (Å²) in [5.41, 5.74) is 1.97. The van der Waals surface area contributed by atoms with Crippen LogP contribution in [0.25, 0.3) is 11.5 Å². The summed E-state index contributed by atoms with van der Waals surface area (Å²) in [6.45, 7) is 2.78. The van der Waals surface area contributed by atoms with Gasteiger partial charge in [-0.3, -0.25) is 14.6 Å². The normalized spacial score (nSPS) is 18.4. The lowest BCUT2D eigenvalue weighted by molar-refractivity contribution is -0.136. The molecule has 0 bridgehead atoms. The molecule has 0 N–H and O–H groups in total. The number of benzene rings is 1. The van der Waals surface area contributed by atoms with Crippen LogP contribution in [0.3, 0.4) is 0 Å². The van der Waals surface area contributed by atoms with Crippen molar-refractivity contribution in [2.75, 3.05) is 33.3 Å². The van der Waals surface area contributed by atoms with Gasteiger partial charge in [-0.25, -0.2) is 0 Å².